The van der Waals surface area contributed by atoms with Gasteiger partial charge >= 0.3 is 17.9 Å². The molecule has 3 rings (SSSR count). The number of carbonyl (C=O) groups excluding carboxylic acids is 1. The van der Waals surface area contributed by atoms with Crippen molar-refractivity contribution in [3.63, 3.8) is 0 Å². The molecule has 5 nitrogen and oxygen atoms in total. The van der Waals surface area contributed by atoms with Gasteiger partial charge < -0.3 is 5.32 Å². The second kappa shape index (κ2) is 6.12. The van der Waals surface area contributed by atoms with Gasteiger partial charge in [0.25, 0.3) is 0 Å². The maximum atomic E-state index is 13.3. The Morgan fingerprint density at radius 3 is 2.67 bits per heavy atom. The minimum absolute atomic E-state index is 0.110. The second-order valence-electron chi connectivity index (χ2n) is 4.95. The topological polar surface area (TPSA) is 61.9 Å². The Hall–Kier alpha value is -2.61. The fourth-order valence-electron chi connectivity index (χ4n) is 2.28. The number of alkyl halides is 3. The summed E-state index contributed by atoms with van der Waals surface area (Å²) in [6.45, 7) is 0. The van der Waals surface area contributed by atoms with E-state index in [2.05, 4.69) is 9.97 Å². The zero-order valence-electron chi connectivity index (χ0n) is 12.0. The number of amides is 1. The van der Waals surface area contributed by atoms with Crippen LogP contribution < -0.4 is 9.72 Å². The third-order valence-corrected chi connectivity index (χ3v) is 3.64. The van der Waals surface area contributed by atoms with Crippen LogP contribution >= 0.6 is 11.6 Å². The van der Waals surface area contributed by atoms with Gasteiger partial charge in [-0.15, -0.1) is 0 Å². The third-order valence-electron chi connectivity index (χ3n) is 3.36. The first-order chi connectivity index (χ1) is 11.4. The molecule has 0 radical (unpaired) electrons. The lowest BCUT2D eigenvalue weighted by molar-refractivity contribution is -0.514. The molecular formula is C15H11ClF3N4O+. The van der Waals surface area contributed by atoms with Crippen molar-refractivity contribution in [1.29, 1.82) is 0 Å². The van der Waals surface area contributed by atoms with Crippen molar-refractivity contribution >= 4 is 23.0 Å². The van der Waals surface area contributed by atoms with Crippen molar-refractivity contribution in [2.75, 3.05) is 0 Å². The van der Waals surface area contributed by atoms with Crippen LogP contribution in [0, 0.1) is 0 Å². The minimum atomic E-state index is -4.69. The molecule has 0 fully saturated rings. The van der Waals surface area contributed by atoms with Crippen molar-refractivity contribution in [2.45, 2.75) is 12.2 Å². The number of nitrogens with zero attached hydrogens (tertiary/aromatic N) is 2. The summed E-state index contributed by atoms with van der Waals surface area (Å²) in [6, 6.07) is 6.85. The third kappa shape index (κ3) is 3.05. The molecule has 0 aromatic carbocycles. The highest BCUT2D eigenvalue weighted by atomic mass is 35.5. The van der Waals surface area contributed by atoms with Gasteiger partial charge in [-0.2, -0.15) is 17.6 Å². The summed E-state index contributed by atoms with van der Waals surface area (Å²) in [5, 5.41) is 2.11. The van der Waals surface area contributed by atoms with Crippen molar-refractivity contribution in [1.82, 2.24) is 15.3 Å². The number of nitrogens with one attached hydrogen (secondary N) is 2. The molecule has 0 bridgehead atoms. The van der Waals surface area contributed by atoms with Crippen LogP contribution in [-0.2, 0) is 0 Å². The number of hydrogen-bond donors (Lipinski definition) is 2. The number of pyridine rings is 2. The summed E-state index contributed by atoms with van der Waals surface area (Å²) in [5.41, 5.74) is 0.177. The van der Waals surface area contributed by atoms with Crippen LogP contribution in [0.1, 0.15) is 22.4 Å². The lowest BCUT2D eigenvalue weighted by Gasteiger charge is -2.19. The maximum Gasteiger partial charge on any atom is 0.414 e. The van der Waals surface area contributed by atoms with E-state index in [4.69, 9.17) is 11.6 Å². The number of H-pyrrole nitrogens is 1. The average molecular weight is 356 g/mol. The molecule has 0 aliphatic carbocycles. The first kappa shape index (κ1) is 16.3. The van der Waals surface area contributed by atoms with Crippen LogP contribution in [0.3, 0.4) is 0 Å². The molecule has 0 saturated heterocycles. The second-order valence-corrected chi connectivity index (χ2v) is 5.32. The van der Waals surface area contributed by atoms with E-state index in [-0.39, 0.29) is 16.7 Å². The number of imidazole rings is 1. The van der Waals surface area contributed by atoms with Crippen LogP contribution in [0.5, 0.6) is 0 Å². The number of fused-ring (bicyclic) bond motifs is 1. The standard InChI is InChI=1S/C15H10ClF3N4O/c16-12-10-6-2-4-8-23(10)13(22-12)14(24)21-11(15(17,18)19)9-5-1-3-7-20-9/h1-8,11H,(H,21,24)/p+1. The Morgan fingerprint density at radius 2 is 2.00 bits per heavy atom. The molecule has 124 valence electrons. The van der Waals surface area contributed by atoms with Gasteiger partial charge in [0.1, 0.15) is 0 Å². The predicted molar refractivity (Wildman–Crippen MR) is 79.5 cm³/mol. The smallest absolute Gasteiger partial charge is 0.329 e. The molecule has 0 aliphatic heterocycles. The summed E-state index contributed by atoms with van der Waals surface area (Å²) in [6.07, 6.45) is -1.94. The highest BCUT2D eigenvalue weighted by Crippen LogP contribution is 2.31. The summed E-state index contributed by atoms with van der Waals surface area (Å²) in [5.74, 6) is -1.06. The summed E-state index contributed by atoms with van der Waals surface area (Å²) in [7, 11) is 0. The van der Waals surface area contributed by atoms with Crippen LogP contribution in [0.4, 0.5) is 13.2 Å². The number of carbonyl (C=O) groups is 1. The van der Waals surface area contributed by atoms with Crippen molar-refractivity contribution in [2.24, 2.45) is 0 Å². The SMILES string of the molecule is O=C(NC(c1ccccn1)C(F)(F)F)c1[nH]c(Cl)c2cccc[n+]12. The quantitative estimate of drug-likeness (QED) is 0.710. The number of halogens is 4. The van der Waals surface area contributed by atoms with E-state index in [0.29, 0.717) is 5.52 Å². The molecule has 3 aromatic rings. The van der Waals surface area contributed by atoms with Crippen molar-refractivity contribution < 1.29 is 22.4 Å². The molecule has 3 aromatic heterocycles. The Labute approximate surface area is 139 Å². The molecule has 2 N–H and O–H groups in total. The molecule has 24 heavy (non-hydrogen) atoms. The predicted octanol–water partition coefficient (Wildman–Crippen LogP) is 2.84. The van der Waals surface area contributed by atoms with E-state index in [9.17, 15) is 18.0 Å². The Balaban J connectivity index is 1.97. The van der Waals surface area contributed by atoms with Gasteiger partial charge in [0.2, 0.25) is 5.15 Å². The molecule has 1 unspecified atom stereocenters. The van der Waals surface area contributed by atoms with Crippen molar-refractivity contribution in [3.8, 4) is 0 Å². The molecular weight excluding hydrogens is 345 g/mol. The fraction of sp³-hybridized carbons (Fsp3) is 0.133. The van der Waals surface area contributed by atoms with E-state index >= 15 is 0 Å². The molecule has 1 amide bonds. The van der Waals surface area contributed by atoms with Gasteiger partial charge in [0.15, 0.2) is 11.6 Å². The normalized spacial score (nSPS) is 13.0. The Kier molecular flexibility index (Phi) is 4.15. The molecule has 1 atom stereocenters. The van der Waals surface area contributed by atoms with E-state index in [1.807, 2.05) is 5.32 Å². The van der Waals surface area contributed by atoms with E-state index < -0.39 is 18.1 Å². The summed E-state index contributed by atoms with van der Waals surface area (Å²) < 4.78 is 41.3. The zero-order valence-corrected chi connectivity index (χ0v) is 12.8. The number of rotatable bonds is 3. The molecule has 0 saturated carbocycles. The number of aromatic amines is 1. The van der Waals surface area contributed by atoms with Crippen LogP contribution in [0.15, 0.2) is 48.8 Å². The van der Waals surface area contributed by atoms with Crippen LogP contribution in [0.2, 0.25) is 5.15 Å². The summed E-state index contributed by atoms with van der Waals surface area (Å²) in [4.78, 5) is 18.6. The highest BCUT2D eigenvalue weighted by molar-refractivity contribution is 6.32. The number of hydrogen-bond acceptors (Lipinski definition) is 2. The summed E-state index contributed by atoms with van der Waals surface area (Å²) >= 11 is 5.97. The van der Waals surface area contributed by atoms with E-state index in [1.54, 1.807) is 18.2 Å². The molecule has 0 aliphatic rings. The largest absolute Gasteiger partial charge is 0.414 e. The lowest BCUT2D eigenvalue weighted by Crippen LogP contribution is -2.42. The first-order valence-corrected chi connectivity index (χ1v) is 7.22. The molecule has 0 spiro atoms. The first-order valence-electron chi connectivity index (χ1n) is 6.84. The van der Waals surface area contributed by atoms with Gasteiger partial charge in [-0.25, -0.2) is 4.98 Å². The van der Waals surface area contributed by atoms with Crippen molar-refractivity contribution in [3.05, 3.63) is 65.5 Å². The monoisotopic (exact) mass is 355 g/mol. The lowest BCUT2D eigenvalue weighted by atomic mass is 10.1. The maximum absolute atomic E-state index is 13.3. The Morgan fingerprint density at radius 1 is 1.25 bits per heavy atom. The molecule has 3 heterocycles. The zero-order chi connectivity index (χ0) is 17.3. The van der Waals surface area contributed by atoms with Crippen LogP contribution in [0.25, 0.3) is 5.52 Å². The van der Waals surface area contributed by atoms with Gasteiger partial charge in [0, 0.05) is 6.20 Å². The number of aromatic nitrogens is 3. The van der Waals surface area contributed by atoms with Crippen LogP contribution in [-0.4, -0.2) is 22.1 Å². The van der Waals surface area contributed by atoms with Gasteiger partial charge in [-0.3, -0.25) is 9.78 Å². The van der Waals surface area contributed by atoms with E-state index in [1.165, 1.54) is 35.0 Å². The fourth-order valence-corrected chi connectivity index (χ4v) is 2.52. The van der Waals surface area contributed by atoms with Gasteiger partial charge in [-0.05, 0) is 35.9 Å². The Bertz CT molecular complexity index is 879. The van der Waals surface area contributed by atoms with Gasteiger partial charge in [-0.1, -0.05) is 12.1 Å². The highest BCUT2D eigenvalue weighted by Gasteiger charge is 2.44. The average Bonchev–Trinajstić information content (AvgIpc) is 2.90. The van der Waals surface area contributed by atoms with E-state index in [0.717, 1.165) is 0 Å². The van der Waals surface area contributed by atoms with Gasteiger partial charge in [0.05, 0.1) is 11.9 Å². The molecule has 9 heteroatoms. The minimum Gasteiger partial charge on any atom is -0.329 e.